The number of nitrogens with one attached hydrogen (secondary N) is 1. The average molecular weight is 272 g/mol. The SMILES string of the molecule is CCN(CC)S(=O)(=O)Nc1cc(C)cc(C)c1O. The smallest absolute Gasteiger partial charge is 0.301 e. The summed E-state index contributed by atoms with van der Waals surface area (Å²) in [5, 5.41) is 9.87. The lowest BCUT2D eigenvalue weighted by molar-refractivity contribution is 0.448. The Labute approximate surface area is 109 Å². The molecule has 0 saturated heterocycles. The molecule has 0 unspecified atom stereocenters. The van der Waals surface area contributed by atoms with Gasteiger partial charge in [0.1, 0.15) is 5.75 Å². The van der Waals surface area contributed by atoms with Crippen LogP contribution in [0.1, 0.15) is 25.0 Å². The number of phenols is 1. The van der Waals surface area contributed by atoms with E-state index in [0.29, 0.717) is 18.7 Å². The highest BCUT2D eigenvalue weighted by atomic mass is 32.2. The Morgan fingerprint density at radius 3 is 2.28 bits per heavy atom. The molecule has 0 amide bonds. The molecule has 0 saturated carbocycles. The number of hydrogen-bond acceptors (Lipinski definition) is 3. The first-order valence-electron chi connectivity index (χ1n) is 5.90. The van der Waals surface area contributed by atoms with Gasteiger partial charge in [0.25, 0.3) is 0 Å². The van der Waals surface area contributed by atoms with Gasteiger partial charge in [0, 0.05) is 13.1 Å². The zero-order valence-corrected chi connectivity index (χ0v) is 12.0. The summed E-state index contributed by atoms with van der Waals surface area (Å²) >= 11 is 0. The Kier molecular flexibility index (Phi) is 4.59. The highest BCUT2D eigenvalue weighted by molar-refractivity contribution is 7.90. The summed E-state index contributed by atoms with van der Waals surface area (Å²) in [6, 6.07) is 3.41. The summed E-state index contributed by atoms with van der Waals surface area (Å²) < 4.78 is 27.8. The maximum Gasteiger partial charge on any atom is 0.301 e. The molecular formula is C12H20N2O3S. The van der Waals surface area contributed by atoms with Crippen molar-refractivity contribution in [1.82, 2.24) is 4.31 Å². The lowest BCUT2D eigenvalue weighted by atomic mass is 10.1. The third kappa shape index (κ3) is 3.14. The zero-order chi connectivity index (χ0) is 13.9. The van der Waals surface area contributed by atoms with Crippen molar-refractivity contribution in [3.63, 3.8) is 0 Å². The molecule has 102 valence electrons. The van der Waals surface area contributed by atoms with E-state index in [1.807, 2.05) is 6.92 Å². The van der Waals surface area contributed by atoms with Crippen LogP contribution in [-0.2, 0) is 10.2 Å². The number of hydrogen-bond donors (Lipinski definition) is 2. The van der Waals surface area contributed by atoms with Crippen LogP contribution in [0.5, 0.6) is 5.75 Å². The Morgan fingerprint density at radius 2 is 1.78 bits per heavy atom. The van der Waals surface area contributed by atoms with E-state index in [9.17, 15) is 13.5 Å². The van der Waals surface area contributed by atoms with Gasteiger partial charge in [-0.05, 0) is 31.0 Å². The molecule has 1 aromatic rings. The molecule has 0 heterocycles. The molecule has 0 atom stereocenters. The predicted octanol–water partition coefficient (Wildman–Crippen LogP) is 2.01. The van der Waals surface area contributed by atoms with Crippen LogP contribution in [0.4, 0.5) is 5.69 Å². The van der Waals surface area contributed by atoms with Gasteiger partial charge in [-0.1, -0.05) is 19.9 Å². The van der Waals surface area contributed by atoms with Gasteiger partial charge in [-0.25, -0.2) is 0 Å². The molecule has 0 aliphatic rings. The van der Waals surface area contributed by atoms with Crippen LogP contribution in [0.25, 0.3) is 0 Å². The fraction of sp³-hybridized carbons (Fsp3) is 0.500. The number of aryl methyl sites for hydroxylation is 2. The van der Waals surface area contributed by atoms with Crippen molar-refractivity contribution in [2.75, 3.05) is 17.8 Å². The summed E-state index contributed by atoms with van der Waals surface area (Å²) in [6.07, 6.45) is 0. The number of nitrogens with zero attached hydrogens (tertiary/aromatic N) is 1. The van der Waals surface area contributed by atoms with Gasteiger partial charge in [0.2, 0.25) is 0 Å². The molecule has 1 aromatic carbocycles. The quantitative estimate of drug-likeness (QED) is 0.806. The second kappa shape index (κ2) is 5.58. The van der Waals surface area contributed by atoms with E-state index in [-0.39, 0.29) is 11.4 Å². The van der Waals surface area contributed by atoms with E-state index in [2.05, 4.69) is 4.72 Å². The van der Waals surface area contributed by atoms with E-state index in [0.717, 1.165) is 5.56 Å². The highest BCUT2D eigenvalue weighted by Crippen LogP contribution is 2.29. The first-order valence-corrected chi connectivity index (χ1v) is 7.34. The molecule has 2 N–H and O–H groups in total. The molecule has 18 heavy (non-hydrogen) atoms. The number of phenolic OH excluding ortho intramolecular Hbond substituents is 1. The number of benzene rings is 1. The molecule has 0 aliphatic heterocycles. The average Bonchev–Trinajstić information content (AvgIpc) is 2.26. The molecule has 0 fully saturated rings. The molecule has 0 bridgehead atoms. The Bertz CT molecular complexity index is 522. The molecular weight excluding hydrogens is 252 g/mol. The Morgan fingerprint density at radius 1 is 1.22 bits per heavy atom. The van der Waals surface area contributed by atoms with E-state index in [1.54, 1.807) is 32.9 Å². The molecule has 0 aliphatic carbocycles. The molecule has 0 spiro atoms. The first kappa shape index (κ1) is 14.8. The molecule has 0 aromatic heterocycles. The van der Waals surface area contributed by atoms with Gasteiger partial charge in [-0.15, -0.1) is 0 Å². The van der Waals surface area contributed by atoms with Crippen LogP contribution in [0.3, 0.4) is 0 Å². The monoisotopic (exact) mass is 272 g/mol. The van der Waals surface area contributed by atoms with Crippen LogP contribution in [-0.4, -0.2) is 30.9 Å². The van der Waals surface area contributed by atoms with Crippen LogP contribution in [0.2, 0.25) is 0 Å². The van der Waals surface area contributed by atoms with Crippen molar-refractivity contribution in [2.45, 2.75) is 27.7 Å². The third-order valence-electron chi connectivity index (χ3n) is 2.73. The van der Waals surface area contributed by atoms with Crippen LogP contribution >= 0.6 is 0 Å². The number of anilines is 1. The van der Waals surface area contributed by atoms with Gasteiger partial charge in [-0.2, -0.15) is 12.7 Å². The summed E-state index contributed by atoms with van der Waals surface area (Å²) in [5.74, 6) is -0.0312. The summed E-state index contributed by atoms with van der Waals surface area (Å²) in [4.78, 5) is 0. The standard InChI is InChI=1S/C12H20N2O3S/c1-5-14(6-2)18(16,17)13-11-8-9(3)7-10(4)12(11)15/h7-8,13,15H,5-6H2,1-4H3. The lowest BCUT2D eigenvalue weighted by Crippen LogP contribution is -2.35. The Hall–Kier alpha value is -1.27. The second-order valence-corrected chi connectivity index (χ2v) is 5.84. The van der Waals surface area contributed by atoms with Crippen LogP contribution < -0.4 is 4.72 Å². The predicted molar refractivity (Wildman–Crippen MR) is 73.0 cm³/mol. The molecule has 1 rings (SSSR count). The van der Waals surface area contributed by atoms with Crippen LogP contribution in [0.15, 0.2) is 12.1 Å². The van der Waals surface area contributed by atoms with Gasteiger partial charge in [0.15, 0.2) is 0 Å². The van der Waals surface area contributed by atoms with Gasteiger partial charge in [-0.3, -0.25) is 4.72 Å². The second-order valence-electron chi connectivity index (χ2n) is 4.17. The maximum atomic E-state index is 12.0. The minimum absolute atomic E-state index is 0.0312. The van der Waals surface area contributed by atoms with E-state index < -0.39 is 10.2 Å². The van der Waals surface area contributed by atoms with Crippen molar-refractivity contribution in [3.8, 4) is 5.75 Å². The molecule has 0 radical (unpaired) electrons. The van der Waals surface area contributed by atoms with E-state index in [4.69, 9.17) is 0 Å². The topological polar surface area (TPSA) is 69.6 Å². The fourth-order valence-corrected chi connectivity index (χ4v) is 3.05. The van der Waals surface area contributed by atoms with Gasteiger partial charge >= 0.3 is 10.2 Å². The largest absolute Gasteiger partial charge is 0.505 e. The number of rotatable bonds is 5. The zero-order valence-electron chi connectivity index (χ0n) is 11.2. The van der Waals surface area contributed by atoms with Crippen LogP contribution in [0, 0.1) is 13.8 Å². The van der Waals surface area contributed by atoms with Crippen molar-refractivity contribution in [3.05, 3.63) is 23.3 Å². The van der Waals surface area contributed by atoms with Crippen molar-refractivity contribution < 1.29 is 13.5 Å². The van der Waals surface area contributed by atoms with Gasteiger partial charge in [0.05, 0.1) is 5.69 Å². The maximum absolute atomic E-state index is 12.0. The highest BCUT2D eigenvalue weighted by Gasteiger charge is 2.20. The van der Waals surface area contributed by atoms with E-state index in [1.165, 1.54) is 4.31 Å². The molecule has 6 heteroatoms. The first-order chi connectivity index (χ1) is 8.31. The van der Waals surface area contributed by atoms with Crippen molar-refractivity contribution in [2.24, 2.45) is 0 Å². The molecule has 5 nitrogen and oxygen atoms in total. The summed E-state index contributed by atoms with van der Waals surface area (Å²) in [7, 11) is -3.61. The third-order valence-corrected chi connectivity index (χ3v) is 4.40. The Balaban J connectivity index is 3.12. The number of aromatic hydroxyl groups is 1. The summed E-state index contributed by atoms with van der Waals surface area (Å²) in [6.45, 7) is 7.89. The van der Waals surface area contributed by atoms with E-state index >= 15 is 0 Å². The minimum Gasteiger partial charge on any atom is -0.505 e. The fourth-order valence-electron chi connectivity index (χ4n) is 1.80. The normalized spacial score (nSPS) is 11.8. The summed E-state index contributed by atoms with van der Waals surface area (Å²) in [5.41, 5.74) is 1.76. The lowest BCUT2D eigenvalue weighted by Gasteiger charge is -2.20. The van der Waals surface area contributed by atoms with Gasteiger partial charge < -0.3 is 5.11 Å². The van der Waals surface area contributed by atoms with Crippen molar-refractivity contribution in [1.29, 1.82) is 0 Å². The van der Waals surface area contributed by atoms with Crippen molar-refractivity contribution >= 4 is 15.9 Å². The minimum atomic E-state index is -3.61.